The van der Waals surface area contributed by atoms with Crippen LogP contribution >= 0.6 is 11.3 Å². The van der Waals surface area contributed by atoms with E-state index in [-0.39, 0.29) is 16.5 Å². The molecular formula is C22H17N3O5S2. The molecule has 0 radical (unpaired) electrons. The summed E-state index contributed by atoms with van der Waals surface area (Å²) in [6.07, 6.45) is 0. The normalized spacial score (nSPS) is 13.0. The van der Waals surface area contributed by atoms with E-state index in [1.165, 1.54) is 29.5 Å². The fraction of sp³-hybridized carbons (Fsp3) is 0.0909. The van der Waals surface area contributed by atoms with Gasteiger partial charge in [-0.15, -0.1) is 0 Å². The van der Waals surface area contributed by atoms with E-state index in [9.17, 15) is 13.2 Å². The maximum absolute atomic E-state index is 12.8. The van der Waals surface area contributed by atoms with Gasteiger partial charge in [-0.25, -0.2) is 13.4 Å². The number of benzene rings is 3. The summed E-state index contributed by atoms with van der Waals surface area (Å²) in [6.45, 7) is 0.777. The third-order valence-corrected chi connectivity index (χ3v) is 7.05. The number of ether oxygens (including phenoxy) is 2. The van der Waals surface area contributed by atoms with Gasteiger partial charge in [0.25, 0.3) is 15.9 Å². The Labute approximate surface area is 187 Å². The van der Waals surface area contributed by atoms with Crippen molar-refractivity contribution in [1.29, 1.82) is 0 Å². The van der Waals surface area contributed by atoms with E-state index >= 15 is 0 Å². The lowest BCUT2D eigenvalue weighted by Gasteiger charge is -2.19. The lowest BCUT2D eigenvalue weighted by Crippen LogP contribution is -2.17. The summed E-state index contributed by atoms with van der Waals surface area (Å²) >= 11 is 1.37. The largest absolute Gasteiger partial charge is 0.486 e. The first-order valence-corrected chi connectivity index (χ1v) is 12.0. The van der Waals surface area contributed by atoms with Crippen molar-refractivity contribution in [3.63, 3.8) is 0 Å². The molecule has 0 bridgehead atoms. The van der Waals surface area contributed by atoms with Gasteiger partial charge >= 0.3 is 0 Å². The van der Waals surface area contributed by atoms with E-state index in [4.69, 9.17) is 9.47 Å². The van der Waals surface area contributed by atoms with E-state index in [0.29, 0.717) is 35.4 Å². The molecule has 5 rings (SSSR count). The van der Waals surface area contributed by atoms with Crippen LogP contribution in [0.3, 0.4) is 0 Å². The van der Waals surface area contributed by atoms with Crippen molar-refractivity contribution in [2.75, 3.05) is 23.3 Å². The van der Waals surface area contributed by atoms with Crippen LogP contribution in [-0.4, -0.2) is 32.5 Å². The number of fused-ring (bicyclic) bond motifs is 2. The number of thiazole rings is 1. The molecule has 0 unspecified atom stereocenters. The van der Waals surface area contributed by atoms with Crippen LogP contribution in [0.15, 0.2) is 71.6 Å². The van der Waals surface area contributed by atoms with Gasteiger partial charge in [0, 0.05) is 17.3 Å². The number of carbonyl (C=O) groups is 1. The minimum absolute atomic E-state index is 0.0334. The SMILES string of the molecule is O=C(Nc1nc2ccccc2s1)c1cccc(NS(=O)(=O)c2ccc3c(c2)OCCO3)c1. The molecule has 162 valence electrons. The second-order valence-corrected chi connectivity index (χ2v) is 9.65. The number of rotatable bonds is 5. The minimum atomic E-state index is -3.89. The first-order chi connectivity index (χ1) is 15.5. The first-order valence-electron chi connectivity index (χ1n) is 9.67. The smallest absolute Gasteiger partial charge is 0.262 e. The molecule has 2 N–H and O–H groups in total. The number of nitrogens with zero attached hydrogens (tertiary/aromatic N) is 1. The molecule has 0 saturated heterocycles. The average molecular weight is 468 g/mol. The summed E-state index contributed by atoms with van der Waals surface area (Å²) in [5.41, 5.74) is 1.36. The summed E-state index contributed by atoms with van der Waals surface area (Å²) in [5.74, 6) is 0.497. The fourth-order valence-electron chi connectivity index (χ4n) is 3.22. The third kappa shape index (κ3) is 4.10. The molecule has 1 amide bonds. The summed E-state index contributed by atoms with van der Waals surface area (Å²) < 4.78 is 40.0. The fourth-order valence-corrected chi connectivity index (χ4v) is 5.15. The number of sulfonamides is 1. The molecule has 0 saturated carbocycles. The Kier molecular flexibility index (Phi) is 5.16. The quantitative estimate of drug-likeness (QED) is 0.457. The average Bonchev–Trinajstić information content (AvgIpc) is 3.21. The van der Waals surface area contributed by atoms with Crippen molar-refractivity contribution in [2.45, 2.75) is 4.90 Å². The minimum Gasteiger partial charge on any atom is -0.486 e. The molecule has 4 aromatic rings. The molecule has 8 nitrogen and oxygen atoms in total. The Morgan fingerprint density at radius 1 is 0.938 bits per heavy atom. The van der Waals surface area contributed by atoms with E-state index in [2.05, 4.69) is 15.0 Å². The van der Waals surface area contributed by atoms with Crippen LogP contribution < -0.4 is 19.5 Å². The summed E-state index contributed by atoms with van der Waals surface area (Å²) in [4.78, 5) is 17.1. The number of amides is 1. The van der Waals surface area contributed by atoms with Crippen LogP contribution in [0, 0.1) is 0 Å². The number of hydrogen-bond donors (Lipinski definition) is 2. The monoisotopic (exact) mass is 467 g/mol. The second kappa shape index (κ2) is 8.13. The third-order valence-electron chi connectivity index (χ3n) is 4.72. The van der Waals surface area contributed by atoms with Crippen molar-refractivity contribution in [2.24, 2.45) is 0 Å². The molecule has 32 heavy (non-hydrogen) atoms. The topological polar surface area (TPSA) is 107 Å². The number of carbonyl (C=O) groups excluding carboxylic acids is 1. The summed E-state index contributed by atoms with van der Waals surface area (Å²) in [6, 6.07) is 18.3. The maximum atomic E-state index is 12.8. The van der Waals surface area contributed by atoms with Gasteiger partial charge in [0.05, 0.1) is 15.1 Å². The van der Waals surface area contributed by atoms with Crippen molar-refractivity contribution >= 4 is 48.3 Å². The van der Waals surface area contributed by atoms with Gasteiger partial charge in [-0.2, -0.15) is 0 Å². The number of para-hydroxylation sites is 1. The molecule has 0 atom stereocenters. The highest BCUT2D eigenvalue weighted by Gasteiger charge is 2.20. The Morgan fingerprint density at radius 2 is 1.75 bits per heavy atom. The van der Waals surface area contributed by atoms with Crippen LogP contribution in [0.2, 0.25) is 0 Å². The zero-order valence-electron chi connectivity index (χ0n) is 16.6. The van der Waals surface area contributed by atoms with Crippen LogP contribution in [0.5, 0.6) is 11.5 Å². The molecule has 1 aliphatic heterocycles. The molecule has 0 fully saturated rings. The predicted octanol–water partition coefficient (Wildman–Crippen LogP) is 4.12. The predicted molar refractivity (Wildman–Crippen MR) is 122 cm³/mol. The zero-order chi connectivity index (χ0) is 22.1. The van der Waals surface area contributed by atoms with Gasteiger partial charge in [-0.1, -0.05) is 29.5 Å². The Morgan fingerprint density at radius 3 is 2.59 bits per heavy atom. The van der Waals surface area contributed by atoms with Crippen molar-refractivity contribution in [1.82, 2.24) is 4.98 Å². The van der Waals surface area contributed by atoms with Gasteiger partial charge in [-0.05, 0) is 42.5 Å². The number of aromatic nitrogens is 1. The highest BCUT2D eigenvalue weighted by atomic mass is 32.2. The molecule has 3 aromatic carbocycles. The highest BCUT2D eigenvalue weighted by molar-refractivity contribution is 7.92. The summed E-state index contributed by atoms with van der Waals surface area (Å²) in [5, 5.41) is 3.24. The zero-order valence-corrected chi connectivity index (χ0v) is 18.2. The van der Waals surface area contributed by atoms with Gasteiger partial charge < -0.3 is 9.47 Å². The molecule has 2 heterocycles. The number of anilines is 2. The van der Waals surface area contributed by atoms with E-state index in [1.807, 2.05) is 24.3 Å². The van der Waals surface area contributed by atoms with Crippen molar-refractivity contribution in [3.8, 4) is 11.5 Å². The van der Waals surface area contributed by atoms with Gasteiger partial charge in [-0.3, -0.25) is 14.8 Å². The first kappa shape index (κ1) is 20.3. The van der Waals surface area contributed by atoms with E-state index < -0.39 is 10.0 Å². The Balaban J connectivity index is 1.34. The summed E-state index contributed by atoms with van der Waals surface area (Å²) in [7, 11) is -3.89. The lowest BCUT2D eigenvalue weighted by atomic mass is 10.2. The highest BCUT2D eigenvalue weighted by Crippen LogP contribution is 2.33. The van der Waals surface area contributed by atoms with Crippen LogP contribution in [-0.2, 0) is 10.0 Å². The number of hydrogen-bond acceptors (Lipinski definition) is 7. The van der Waals surface area contributed by atoms with E-state index in [0.717, 1.165) is 10.2 Å². The number of nitrogens with one attached hydrogen (secondary N) is 2. The standard InChI is InChI=1S/C22H17N3O5S2/c26-21(24-22-23-17-6-1-2-7-20(17)31-22)14-4-3-5-15(12-14)25-32(27,28)16-8-9-18-19(13-16)30-11-10-29-18/h1-9,12-13,25H,10-11H2,(H,23,24,26). The lowest BCUT2D eigenvalue weighted by molar-refractivity contribution is 0.102. The van der Waals surface area contributed by atoms with E-state index in [1.54, 1.807) is 24.3 Å². The van der Waals surface area contributed by atoms with Gasteiger partial charge in [0.2, 0.25) is 0 Å². The van der Waals surface area contributed by atoms with Gasteiger partial charge in [0.15, 0.2) is 16.6 Å². The Hall–Kier alpha value is -3.63. The van der Waals surface area contributed by atoms with Crippen LogP contribution in [0.1, 0.15) is 10.4 Å². The van der Waals surface area contributed by atoms with Crippen LogP contribution in [0.25, 0.3) is 10.2 Å². The molecular weight excluding hydrogens is 450 g/mol. The van der Waals surface area contributed by atoms with Gasteiger partial charge in [0.1, 0.15) is 13.2 Å². The maximum Gasteiger partial charge on any atom is 0.262 e. The van der Waals surface area contributed by atoms with Crippen molar-refractivity contribution < 1.29 is 22.7 Å². The molecule has 10 heteroatoms. The van der Waals surface area contributed by atoms with Crippen LogP contribution in [0.4, 0.5) is 10.8 Å². The molecule has 1 aromatic heterocycles. The van der Waals surface area contributed by atoms with Crippen molar-refractivity contribution in [3.05, 3.63) is 72.3 Å². The molecule has 0 aliphatic carbocycles. The molecule has 1 aliphatic rings. The molecule has 0 spiro atoms. The Bertz CT molecular complexity index is 1400. The second-order valence-electron chi connectivity index (χ2n) is 6.93.